The number of fused-ring (bicyclic) bond motifs is 1. The molecule has 5 rings (SSSR count). The highest BCUT2D eigenvalue weighted by Crippen LogP contribution is 2.32. The number of aromatic nitrogens is 3. The smallest absolute Gasteiger partial charge is 0.475 e. The highest BCUT2D eigenvalue weighted by molar-refractivity contribution is 6.17. The summed E-state index contributed by atoms with van der Waals surface area (Å²) in [7, 11) is 0. The predicted octanol–water partition coefficient (Wildman–Crippen LogP) is 5.62. The van der Waals surface area contributed by atoms with Crippen molar-refractivity contribution < 1.29 is 42.2 Å². The van der Waals surface area contributed by atoms with Gasteiger partial charge in [-0.1, -0.05) is 30.3 Å². The van der Waals surface area contributed by atoms with Crippen molar-refractivity contribution in [3.05, 3.63) is 82.4 Å². The number of alkyl carbamates (subject to hydrolysis) is 1. The number of nitrogens with one attached hydrogen (secondary N) is 3. The molecule has 0 spiro atoms. The molecule has 1 aliphatic rings. The Morgan fingerprint density at radius 2 is 1.66 bits per heavy atom. The fraction of sp³-hybridized carbons (Fsp3) is 0.405. The van der Waals surface area contributed by atoms with Crippen LogP contribution in [0.5, 0.6) is 0 Å². The molecule has 6 N–H and O–H groups in total. The van der Waals surface area contributed by atoms with E-state index in [9.17, 15) is 32.3 Å². The highest BCUT2D eigenvalue weighted by Gasteiger charge is 2.38. The van der Waals surface area contributed by atoms with Crippen molar-refractivity contribution in [3.8, 4) is 11.1 Å². The van der Waals surface area contributed by atoms with Crippen LogP contribution in [0.4, 0.5) is 23.7 Å². The number of nitrogens with zero attached hydrogens (tertiary/aromatic N) is 2. The SMILES string of the molecule is Cc1ncccc1-c1ccc(C[C@H](N)C(=O)N(C(=O)C2CCC(CNC(=O)OC(C)(C)C)CC2)c2ccc3c(=O)[nH][nH]c3c2)cc1.O=C(O)C(F)(F)F. The number of carboxylic acids is 1. The first-order chi connectivity index (χ1) is 24.8. The Balaban J connectivity index is 0.000000815. The average Bonchev–Trinajstić information content (AvgIpc) is 3.47. The molecule has 2 aromatic carbocycles. The number of ether oxygens (including phenoxy) is 1. The zero-order valence-electron chi connectivity index (χ0n) is 29.8. The molecule has 0 aliphatic heterocycles. The van der Waals surface area contributed by atoms with Crippen molar-refractivity contribution in [2.75, 3.05) is 11.4 Å². The number of aryl methyl sites for hydroxylation is 1. The molecule has 16 heteroatoms. The molecule has 1 fully saturated rings. The van der Waals surface area contributed by atoms with Gasteiger partial charge in [0.2, 0.25) is 5.91 Å². The third-order valence-corrected chi connectivity index (χ3v) is 8.67. The number of imide groups is 1. The fourth-order valence-corrected chi connectivity index (χ4v) is 5.98. The van der Waals surface area contributed by atoms with Crippen molar-refractivity contribution >= 4 is 40.5 Å². The normalized spacial score (nSPS) is 16.5. The van der Waals surface area contributed by atoms with E-state index in [2.05, 4.69) is 20.5 Å². The number of aliphatic carboxylic acids is 1. The Hall–Kier alpha value is -5.51. The van der Waals surface area contributed by atoms with Gasteiger partial charge in [0.15, 0.2) is 0 Å². The molecular weight excluding hydrogens is 697 g/mol. The van der Waals surface area contributed by atoms with E-state index >= 15 is 0 Å². The number of rotatable bonds is 8. The number of carboxylic acid groups (broad SMARTS) is 1. The summed E-state index contributed by atoms with van der Waals surface area (Å²) in [5.41, 5.74) is 10.3. The molecule has 2 aromatic heterocycles. The van der Waals surface area contributed by atoms with E-state index in [-0.39, 0.29) is 23.8 Å². The van der Waals surface area contributed by atoms with Gasteiger partial charge in [-0.2, -0.15) is 13.2 Å². The lowest BCUT2D eigenvalue weighted by atomic mass is 9.81. The van der Waals surface area contributed by atoms with Crippen LogP contribution in [-0.4, -0.2) is 68.5 Å². The Labute approximate surface area is 303 Å². The lowest BCUT2D eigenvalue weighted by molar-refractivity contribution is -0.192. The number of H-pyrrole nitrogens is 2. The summed E-state index contributed by atoms with van der Waals surface area (Å²) in [4.78, 5) is 66.7. The van der Waals surface area contributed by atoms with Gasteiger partial charge in [-0.05, 0) is 101 Å². The molecular formula is C37H43F3N6O7. The van der Waals surface area contributed by atoms with Crippen LogP contribution in [0, 0.1) is 18.8 Å². The maximum absolute atomic E-state index is 14.1. The van der Waals surface area contributed by atoms with Gasteiger partial charge in [0.05, 0.1) is 22.6 Å². The quantitative estimate of drug-likeness (QED) is 0.152. The lowest BCUT2D eigenvalue weighted by Crippen LogP contribution is -2.50. The molecule has 0 unspecified atom stereocenters. The number of carbonyl (C=O) groups excluding carboxylic acids is 3. The number of alkyl halides is 3. The molecule has 53 heavy (non-hydrogen) atoms. The second-order valence-electron chi connectivity index (χ2n) is 13.9. The van der Waals surface area contributed by atoms with E-state index in [1.165, 1.54) is 4.90 Å². The zero-order valence-corrected chi connectivity index (χ0v) is 29.8. The first kappa shape index (κ1) is 40.3. The fourth-order valence-electron chi connectivity index (χ4n) is 5.98. The van der Waals surface area contributed by atoms with Gasteiger partial charge >= 0.3 is 18.2 Å². The zero-order chi connectivity index (χ0) is 39.1. The standard InChI is InChI=1S/C35H42N6O5.C2HF3O2/c1-21-27(6-5-17-37-21)24-11-7-22(8-12-24)18-29(36)33(44)41(26-15-16-28-30(19-26)39-40-31(28)42)32(43)25-13-9-23(10-14-25)20-38-34(45)46-35(2,3)4;3-2(4,5)1(6)7/h5-8,11-12,15-17,19,23,25,29H,9-10,13-14,18,20,36H2,1-4H3,(H,38,45)(H2,39,40,42);(H,6,7)/t23?,25?,29-;/m0./s1. The van der Waals surface area contributed by atoms with E-state index in [0.717, 1.165) is 22.4 Å². The van der Waals surface area contributed by atoms with Gasteiger partial charge in [0.25, 0.3) is 11.5 Å². The molecule has 3 amide bonds. The second kappa shape index (κ2) is 16.9. The minimum absolute atomic E-state index is 0.197. The Kier molecular flexibility index (Phi) is 12.8. The summed E-state index contributed by atoms with van der Waals surface area (Å²) in [6.07, 6.45) is -0.988. The summed E-state index contributed by atoms with van der Waals surface area (Å²) in [5.74, 6) is -3.78. The Morgan fingerprint density at radius 3 is 2.25 bits per heavy atom. The minimum Gasteiger partial charge on any atom is -0.475 e. The van der Waals surface area contributed by atoms with Gasteiger partial charge in [-0.25, -0.2) is 14.5 Å². The molecule has 2 heterocycles. The Morgan fingerprint density at radius 1 is 1.02 bits per heavy atom. The average molecular weight is 741 g/mol. The van der Waals surface area contributed by atoms with Crippen LogP contribution < -0.4 is 21.5 Å². The number of nitrogens with two attached hydrogens (primary N) is 1. The van der Waals surface area contributed by atoms with Gasteiger partial charge in [-0.15, -0.1) is 0 Å². The topological polar surface area (TPSA) is 201 Å². The van der Waals surface area contributed by atoms with Crippen LogP contribution >= 0.6 is 0 Å². The summed E-state index contributed by atoms with van der Waals surface area (Å²) in [6, 6.07) is 15.6. The molecule has 0 radical (unpaired) electrons. The van der Waals surface area contributed by atoms with Crippen molar-refractivity contribution in [3.63, 3.8) is 0 Å². The Bertz CT molecular complexity index is 1980. The second-order valence-corrected chi connectivity index (χ2v) is 13.9. The number of pyridine rings is 1. The molecule has 1 atom stereocenters. The number of halogens is 3. The highest BCUT2D eigenvalue weighted by atomic mass is 19.4. The van der Waals surface area contributed by atoms with Crippen molar-refractivity contribution in [1.82, 2.24) is 20.5 Å². The van der Waals surface area contributed by atoms with Gasteiger partial charge in [-0.3, -0.25) is 29.6 Å². The van der Waals surface area contributed by atoms with Crippen molar-refractivity contribution in [2.24, 2.45) is 17.6 Å². The lowest BCUT2D eigenvalue weighted by Gasteiger charge is -2.32. The molecule has 1 saturated carbocycles. The summed E-state index contributed by atoms with van der Waals surface area (Å²) in [6.45, 7) is 7.85. The van der Waals surface area contributed by atoms with Crippen LogP contribution in [-0.2, 0) is 25.5 Å². The van der Waals surface area contributed by atoms with Crippen LogP contribution in [0.2, 0.25) is 0 Å². The number of benzene rings is 2. The van der Waals surface area contributed by atoms with Crippen LogP contribution in [0.1, 0.15) is 57.7 Å². The summed E-state index contributed by atoms with van der Waals surface area (Å²) < 4.78 is 37.1. The van der Waals surface area contributed by atoms with E-state index < -0.39 is 41.7 Å². The van der Waals surface area contributed by atoms with Crippen LogP contribution in [0.25, 0.3) is 22.0 Å². The van der Waals surface area contributed by atoms with Crippen LogP contribution in [0.15, 0.2) is 65.6 Å². The largest absolute Gasteiger partial charge is 0.490 e. The van der Waals surface area contributed by atoms with Crippen LogP contribution in [0.3, 0.4) is 0 Å². The van der Waals surface area contributed by atoms with E-state index in [0.29, 0.717) is 48.8 Å². The molecule has 0 bridgehead atoms. The number of hydrogen-bond acceptors (Lipinski definition) is 8. The van der Waals surface area contributed by atoms with E-state index in [1.807, 2.05) is 64.1 Å². The van der Waals surface area contributed by atoms with Crippen molar-refractivity contribution in [1.29, 1.82) is 0 Å². The maximum atomic E-state index is 14.1. The number of carbonyl (C=O) groups is 4. The molecule has 1 aliphatic carbocycles. The third-order valence-electron chi connectivity index (χ3n) is 8.67. The summed E-state index contributed by atoms with van der Waals surface area (Å²) >= 11 is 0. The molecule has 0 saturated heterocycles. The minimum atomic E-state index is -5.08. The first-order valence-electron chi connectivity index (χ1n) is 17.0. The first-order valence-corrected chi connectivity index (χ1v) is 17.0. The monoisotopic (exact) mass is 740 g/mol. The molecule has 13 nitrogen and oxygen atoms in total. The summed E-state index contributed by atoms with van der Waals surface area (Å²) in [5, 5.41) is 15.7. The number of anilines is 1. The molecule has 284 valence electrons. The van der Waals surface area contributed by atoms with Gasteiger partial charge in [0.1, 0.15) is 5.60 Å². The predicted molar refractivity (Wildman–Crippen MR) is 191 cm³/mol. The van der Waals surface area contributed by atoms with E-state index in [1.54, 1.807) is 24.4 Å². The van der Waals surface area contributed by atoms with Gasteiger partial charge < -0.3 is 20.9 Å². The third kappa shape index (κ3) is 11.0. The maximum Gasteiger partial charge on any atom is 0.490 e. The van der Waals surface area contributed by atoms with E-state index in [4.69, 9.17) is 20.4 Å². The van der Waals surface area contributed by atoms with Crippen molar-refractivity contribution in [2.45, 2.75) is 77.6 Å². The van der Waals surface area contributed by atoms with Gasteiger partial charge in [0, 0.05) is 29.9 Å². The molecule has 4 aromatic rings. The number of hydrogen-bond donors (Lipinski definition) is 5. The number of amides is 3. The number of aromatic amines is 2.